The van der Waals surface area contributed by atoms with Crippen LogP contribution in [0.5, 0.6) is 0 Å². The van der Waals surface area contributed by atoms with Crippen molar-refractivity contribution in [3.8, 4) is 22.6 Å². The van der Waals surface area contributed by atoms with Crippen molar-refractivity contribution in [3.63, 3.8) is 0 Å². The normalized spacial score (nSPS) is 14.7. The lowest BCUT2D eigenvalue weighted by atomic mass is 10.1. The van der Waals surface area contributed by atoms with Crippen LogP contribution in [0.15, 0.2) is 48.9 Å². The molecular weight excluding hydrogens is 466 g/mol. The molecule has 1 aliphatic rings. The number of pyridine rings is 2. The Morgan fingerprint density at radius 2 is 1.89 bits per heavy atom. The molecule has 0 atom stereocenters. The van der Waals surface area contributed by atoms with Gasteiger partial charge in [-0.2, -0.15) is 5.10 Å². The number of anilines is 1. The Hall–Kier alpha value is -3.86. The number of benzene rings is 1. The second-order valence-electron chi connectivity index (χ2n) is 9.52. The van der Waals surface area contributed by atoms with Crippen LogP contribution in [0, 0.1) is 0 Å². The maximum absolute atomic E-state index is 5.10. The van der Waals surface area contributed by atoms with Crippen LogP contribution in [-0.2, 0) is 11.3 Å². The summed E-state index contributed by atoms with van der Waals surface area (Å²) < 4.78 is 5.10. The first-order chi connectivity index (χ1) is 18.2. The molecule has 37 heavy (non-hydrogen) atoms. The number of likely N-dealkylation sites (N-methyl/N-ethyl adjacent to an activating group) is 1. The van der Waals surface area contributed by atoms with Gasteiger partial charge in [-0.25, -0.2) is 9.97 Å². The molecule has 10 heteroatoms. The number of imidazole rings is 1. The molecule has 0 spiro atoms. The highest BCUT2D eigenvalue weighted by atomic mass is 16.5. The first-order valence-corrected chi connectivity index (χ1v) is 12.6. The van der Waals surface area contributed by atoms with E-state index in [-0.39, 0.29) is 0 Å². The number of H-pyrrole nitrogens is 2. The standard InChI is InChI=1S/C27H31N9O/c1-35-6-8-36(9-7-35)21-3-4-23-24(13-21)32-27(31-23)25-22-12-20(17-30-26(22)34-33-25)19-11-18(15-29-16-19)14-28-5-10-37-2/h3-4,11-13,15-17,28H,5-10,14H2,1-2H3,(H,31,32)(H,30,33,34). The summed E-state index contributed by atoms with van der Waals surface area (Å²) in [6, 6.07) is 10.7. The minimum atomic E-state index is 0.677. The van der Waals surface area contributed by atoms with Crippen molar-refractivity contribution in [2.75, 3.05) is 58.4 Å². The lowest BCUT2D eigenvalue weighted by Gasteiger charge is -2.34. The number of piperazine rings is 1. The number of aromatic amines is 2. The molecule has 6 rings (SSSR count). The number of hydrogen-bond donors (Lipinski definition) is 3. The molecule has 0 saturated carbocycles. The molecule has 190 valence electrons. The van der Waals surface area contributed by atoms with Crippen molar-refractivity contribution in [3.05, 3.63) is 54.5 Å². The summed E-state index contributed by atoms with van der Waals surface area (Å²) in [7, 11) is 3.87. The van der Waals surface area contributed by atoms with Crippen LogP contribution in [-0.4, -0.2) is 88.5 Å². The smallest absolute Gasteiger partial charge is 0.159 e. The lowest BCUT2D eigenvalue weighted by molar-refractivity contribution is 0.199. The molecule has 0 aliphatic carbocycles. The van der Waals surface area contributed by atoms with Crippen molar-refractivity contribution in [2.24, 2.45) is 0 Å². The Bertz CT molecular complexity index is 1520. The van der Waals surface area contributed by atoms with Gasteiger partial charge in [0.1, 0.15) is 5.69 Å². The molecule has 0 bridgehead atoms. The van der Waals surface area contributed by atoms with Gasteiger partial charge in [0.25, 0.3) is 0 Å². The van der Waals surface area contributed by atoms with Gasteiger partial charge in [0, 0.05) is 81.8 Å². The zero-order valence-electron chi connectivity index (χ0n) is 21.2. The largest absolute Gasteiger partial charge is 0.383 e. The van der Waals surface area contributed by atoms with Crippen LogP contribution in [0.4, 0.5) is 5.69 Å². The van der Waals surface area contributed by atoms with Crippen LogP contribution in [0.2, 0.25) is 0 Å². The number of ether oxygens (including phenoxy) is 1. The van der Waals surface area contributed by atoms with E-state index in [0.29, 0.717) is 6.61 Å². The highest BCUT2D eigenvalue weighted by molar-refractivity contribution is 5.93. The third kappa shape index (κ3) is 4.91. The molecule has 0 amide bonds. The Kier molecular flexibility index (Phi) is 6.52. The van der Waals surface area contributed by atoms with Gasteiger partial charge in [0.2, 0.25) is 0 Å². The summed E-state index contributed by atoms with van der Waals surface area (Å²) in [5.74, 6) is 0.727. The number of nitrogens with zero attached hydrogens (tertiary/aromatic N) is 6. The van der Waals surface area contributed by atoms with E-state index in [0.717, 1.165) is 89.5 Å². The second-order valence-corrected chi connectivity index (χ2v) is 9.52. The summed E-state index contributed by atoms with van der Waals surface area (Å²) in [6.07, 6.45) is 5.59. The number of methoxy groups -OCH3 is 1. The van der Waals surface area contributed by atoms with Crippen molar-refractivity contribution >= 4 is 27.8 Å². The van der Waals surface area contributed by atoms with E-state index in [1.54, 1.807) is 7.11 Å². The molecule has 3 N–H and O–H groups in total. The Morgan fingerprint density at radius 3 is 2.76 bits per heavy atom. The zero-order chi connectivity index (χ0) is 25.2. The lowest BCUT2D eigenvalue weighted by Crippen LogP contribution is -2.44. The molecule has 10 nitrogen and oxygen atoms in total. The molecule has 1 saturated heterocycles. The van der Waals surface area contributed by atoms with Crippen LogP contribution < -0.4 is 10.2 Å². The Balaban J connectivity index is 1.28. The molecule has 0 radical (unpaired) electrons. The maximum Gasteiger partial charge on any atom is 0.159 e. The summed E-state index contributed by atoms with van der Waals surface area (Å²) in [4.78, 5) is 22.2. The van der Waals surface area contributed by atoms with E-state index < -0.39 is 0 Å². The zero-order valence-corrected chi connectivity index (χ0v) is 21.2. The predicted molar refractivity (Wildman–Crippen MR) is 146 cm³/mol. The number of rotatable bonds is 8. The fraction of sp³-hybridized carbons (Fsp3) is 0.333. The van der Waals surface area contributed by atoms with Crippen LogP contribution in [0.1, 0.15) is 5.56 Å². The molecule has 1 aromatic carbocycles. The summed E-state index contributed by atoms with van der Waals surface area (Å²) in [5.41, 5.74) is 7.71. The molecule has 5 aromatic rings. The van der Waals surface area contributed by atoms with Crippen molar-refractivity contribution in [1.29, 1.82) is 0 Å². The van der Waals surface area contributed by atoms with Gasteiger partial charge in [-0.3, -0.25) is 10.1 Å². The average Bonchev–Trinajstić information content (AvgIpc) is 3.55. The third-order valence-corrected chi connectivity index (χ3v) is 6.92. The minimum absolute atomic E-state index is 0.677. The van der Waals surface area contributed by atoms with Crippen LogP contribution >= 0.6 is 0 Å². The first-order valence-electron chi connectivity index (χ1n) is 12.6. The highest BCUT2D eigenvalue weighted by Crippen LogP contribution is 2.30. The summed E-state index contributed by atoms with van der Waals surface area (Å²) in [5, 5.41) is 11.9. The number of hydrogen-bond acceptors (Lipinski definition) is 8. The topological polar surface area (TPSA) is 111 Å². The maximum atomic E-state index is 5.10. The van der Waals surface area contributed by atoms with Gasteiger partial charge in [0.15, 0.2) is 11.5 Å². The average molecular weight is 498 g/mol. The molecule has 1 fully saturated rings. The van der Waals surface area contributed by atoms with Gasteiger partial charge in [-0.1, -0.05) is 0 Å². The Morgan fingerprint density at radius 1 is 1.03 bits per heavy atom. The highest BCUT2D eigenvalue weighted by Gasteiger charge is 2.17. The van der Waals surface area contributed by atoms with Crippen LogP contribution in [0.3, 0.4) is 0 Å². The summed E-state index contributed by atoms with van der Waals surface area (Å²) >= 11 is 0. The van der Waals surface area contributed by atoms with E-state index in [9.17, 15) is 0 Å². The van der Waals surface area contributed by atoms with Gasteiger partial charge in [0.05, 0.1) is 23.0 Å². The van der Waals surface area contributed by atoms with Crippen molar-refractivity contribution in [2.45, 2.75) is 6.54 Å². The first kappa shape index (κ1) is 23.5. The van der Waals surface area contributed by atoms with Gasteiger partial charge in [-0.15, -0.1) is 0 Å². The monoisotopic (exact) mass is 497 g/mol. The molecule has 4 aromatic heterocycles. The SMILES string of the molecule is COCCNCc1cncc(-c2cnc3[nH]nc(-c4nc5cc(N6CCN(C)CC6)ccc5[nH]4)c3c2)c1. The fourth-order valence-corrected chi connectivity index (χ4v) is 4.76. The van der Waals surface area contributed by atoms with Crippen molar-refractivity contribution in [1.82, 2.24) is 40.3 Å². The van der Waals surface area contributed by atoms with Gasteiger partial charge < -0.3 is 24.8 Å². The fourth-order valence-electron chi connectivity index (χ4n) is 4.76. The van der Waals surface area contributed by atoms with Crippen molar-refractivity contribution < 1.29 is 4.74 Å². The van der Waals surface area contributed by atoms with Crippen LogP contribution in [0.25, 0.3) is 44.7 Å². The van der Waals surface area contributed by atoms with E-state index in [1.165, 1.54) is 5.69 Å². The molecule has 0 unspecified atom stereocenters. The second kappa shape index (κ2) is 10.3. The predicted octanol–water partition coefficient (Wildman–Crippen LogP) is 3.05. The van der Waals surface area contributed by atoms with Gasteiger partial charge >= 0.3 is 0 Å². The van der Waals surface area contributed by atoms with Gasteiger partial charge in [-0.05, 0) is 42.9 Å². The van der Waals surface area contributed by atoms with E-state index >= 15 is 0 Å². The molecule has 1 aliphatic heterocycles. The third-order valence-electron chi connectivity index (χ3n) is 6.92. The Labute approximate surface area is 215 Å². The number of fused-ring (bicyclic) bond motifs is 2. The van der Waals surface area contributed by atoms with E-state index in [2.05, 4.69) is 77.6 Å². The summed E-state index contributed by atoms with van der Waals surface area (Å²) in [6.45, 7) is 6.39. The molecule has 5 heterocycles. The number of aromatic nitrogens is 6. The van der Waals surface area contributed by atoms with E-state index in [1.807, 2.05) is 18.6 Å². The molecular formula is C27H31N9O. The van der Waals surface area contributed by atoms with E-state index in [4.69, 9.17) is 9.72 Å². The number of nitrogens with one attached hydrogen (secondary N) is 3. The quantitative estimate of drug-likeness (QED) is 0.281. The minimum Gasteiger partial charge on any atom is -0.383 e.